The number of rotatable bonds is 4. The number of nitrogens with zero attached hydrogens (tertiary/aromatic N) is 1. The van der Waals surface area contributed by atoms with Gasteiger partial charge in [-0.3, -0.25) is 0 Å². The summed E-state index contributed by atoms with van der Waals surface area (Å²) in [7, 11) is 0. The third-order valence-electron chi connectivity index (χ3n) is 4.02. The average molecular weight is 262 g/mol. The van der Waals surface area contributed by atoms with Crippen molar-refractivity contribution < 1.29 is 5.11 Å². The van der Waals surface area contributed by atoms with E-state index in [1.807, 2.05) is 0 Å². The Kier molecular flexibility index (Phi) is 4.83. The molecule has 2 atom stereocenters. The van der Waals surface area contributed by atoms with E-state index in [2.05, 4.69) is 55.3 Å². The van der Waals surface area contributed by atoms with Gasteiger partial charge in [0.1, 0.15) is 0 Å². The van der Waals surface area contributed by atoms with E-state index in [0.717, 1.165) is 19.5 Å². The first kappa shape index (κ1) is 14.4. The number of benzene rings is 1. The molecule has 1 heterocycles. The predicted octanol–water partition coefficient (Wildman–Crippen LogP) is 2.36. The lowest BCUT2D eigenvalue weighted by Crippen LogP contribution is -2.55. The molecule has 0 amide bonds. The quantitative estimate of drug-likeness (QED) is 0.874. The molecule has 0 aromatic heterocycles. The van der Waals surface area contributed by atoms with Crippen molar-refractivity contribution in [3.63, 3.8) is 0 Å². The first-order valence-electron chi connectivity index (χ1n) is 7.32. The van der Waals surface area contributed by atoms with Crippen LogP contribution in [-0.4, -0.2) is 36.9 Å². The third-order valence-corrected chi connectivity index (χ3v) is 4.02. The molecular weight excluding hydrogens is 236 g/mol. The molecule has 2 unspecified atom stereocenters. The van der Waals surface area contributed by atoms with Crippen LogP contribution in [0, 0.1) is 0 Å². The van der Waals surface area contributed by atoms with Crippen LogP contribution in [0.1, 0.15) is 38.7 Å². The van der Waals surface area contributed by atoms with Crippen LogP contribution in [0.5, 0.6) is 0 Å². The lowest BCUT2D eigenvalue weighted by Gasteiger charge is -2.40. The normalized spacial score (nSPS) is 23.9. The van der Waals surface area contributed by atoms with E-state index in [-0.39, 0.29) is 6.61 Å². The minimum Gasteiger partial charge on any atom is -0.396 e. The van der Waals surface area contributed by atoms with Gasteiger partial charge in [-0.25, -0.2) is 0 Å². The van der Waals surface area contributed by atoms with Gasteiger partial charge in [-0.15, -0.1) is 0 Å². The summed E-state index contributed by atoms with van der Waals surface area (Å²) in [6.45, 7) is 8.91. The van der Waals surface area contributed by atoms with Crippen molar-refractivity contribution in [3.8, 4) is 0 Å². The molecule has 3 nitrogen and oxygen atoms in total. The first-order valence-corrected chi connectivity index (χ1v) is 7.32. The monoisotopic (exact) mass is 262 g/mol. The molecule has 0 bridgehead atoms. The number of piperazine rings is 1. The molecule has 2 rings (SSSR count). The van der Waals surface area contributed by atoms with Crippen LogP contribution in [0.2, 0.25) is 0 Å². The predicted molar refractivity (Wildman–Crippen MR) is 80.8 cm³/mol. The molecule has 1 fully saturated rings. The molecule has 1 aliphatic heterocycles. The van der Waals surface area contributed by atoms with Gasteiger partial charge in [0.25, 0.3) is 0 Å². The van der Waals surface area contributed by atoms with Gasteiger partial charge >= 0.3 is 0 Å². The second-order valence-corrected chi connectivity index (χ2v) is 5.87. The minimum absolute atomic E-state index is 0.256. The minimum atomic E-state index is 0.256. The Bertz CT molecular complexity index is 388. The van der Waals surface area contributed by atoms with E-state index in [9.17, 15) is 0 Å². The van der Waals surface area contributed by atoms with Gasteiger partial charge in [-0.1, -0.05) is 26.0 Å². The second-order valence-electron chi connectivity index (χ2n) is 5.87. The number of aliphatic hydroxyl groups is 1. The van der Waals surface area contributed by atoms with Gasteiger partial charge < -0.3 is 15.3 Å². The van der Waals surface area contributed by atoms with E-state index < -0.39 is 0 Å². The van der Waals surface area contributed by atoms with E-state index in [1.54, 1.807) is 0 Å². The van der Waals surface area contributed by atoms with Crippen LogP contribution >= 0.6 is 0 Å². The van der Waals surface area contributed by atoms with Crippen LogP contribution in [-0.2, 0) is 0 Å². The van der Waals surface area contributed by atoms with Gasteiger partial charge in [0.05, 0.1) is 0 Å². The number of nitrogens with one attached hydrogen (secondary N) is 1. The second kappa shape index (κ2) is 6.40. The summed E-state index contributed by atoms with van der Waals surface area (Å²) < 4.78 is 0. The summed E-state index contributed by atoms with van der Waals surface area (Å²) >= 11 is 0. The van der Waals surface area contributed by atoms with Crippen LogP contribution < -0.4 is 10.2 Å². The van der Waals surface area contributed by atoms with Crippen molar-refractivity contribution in [2.45, 2.75) is 45.2 Å². The van der Waals surface area contributed by atoms with E-state index >= 15 is 0 Å². The summed E-state index contributed by atoms with van der Waals surface area (Å²) in [5, 5.41) is 12.6. The van der Waals surface area contributed by atoms with Crippen molar-refractivity contribution in [3.05, 3.63) is 29.8 Å². The highest BCUT2D eigenvalue weighted by atomic mass is 16.3. The lowest BCUT2D eigenvalue weighted by atomic mass is 10.0. The highest BCUT2D eigenvalue weighted by Gasteiger charge is 2.24. The van der Waals surface area contributed by atoms with Crippen molar-refractivity contribution in [2.75, 3.05) is 24.6 Å². The zero-order valence-electron chi connectivity index (χ0n) is 12.3. The van der Waals surface area contributed by atoms with Crippen LogP contribution in [0.25, 0.3) is 0 Å². The zero-order chi connectivity index (χ0) is 13.8. The molecule has 1 saturated heterocycles. The molecule has 1 aromatic carbocycles. The van der Waals surface area contributed by atoms with Gasteiger partial charge in [0, 0.05) is 37.5 Å². The highest BCUT2D eigenvalue weighted by Crippen LogP contribution is 2.23. The molecule has 0 spiro atoms. The summed E-state index contributed by atoms with van der Waals surface area (Å²) in [6.07, 6.45) is 0.827. The Morgan fingerprint density at radius 1 is 1.32 bits per heavy atom. The van der Waals surface area contributed by atoms with Crippen LogP contribution in [0.15, 0.2) is 24.3 Å². The standard InChI is InChI=1S/C16H26N2O/c1-12(2)14-4-6-16(7-5-14)18-11-15(8-9-19)17-10-13(18)3/h4-7,12-13,15,17,19H,8-11H2,1-3H3. The van der Waals surface area contributed by atoms with E-state index in [4.69, 9.17) is 5.11 Å². The number of hydrogen-bond acceptors (Lipinski definition) is 3. The summed E-state index contributed by atoms with van der Waals surface area (Å²) in [5.74, 6) is 0.580. The maximum atomic E-state index is 9.08. The maximum Gasteiger partial charge on any atom is 0.0446 e. The number of aliphatic hydroxyl groups excluding tert-OH is 1. The Labute approximate surface area is 116 Å². The van der Waals surface area contributed by atoms with Gasteiger partial charge in [-0.2, -0.15) is 0 Å². The molecule has 1 aliphatic rings. The molecule has 2 N–H and O–H groups in total. The Morgan fingerprint density at radius 2 is 2.00 bits per heavy atom. The van der Waals surface area contributed by atoms with Crippen molar-refractivity contribution in [1.29, 1.82) is 0 Å². The van der Waals surface area contributed by atoms with Gasteiger partial charge in [-0.05, 0) is 37.0 Å². The average Bonchev–Trinajstić information content (AvgIpc) is 2.41. The molecule has 1 aromatic rings. The fourth-order valence-corrected chi connectivity index (χ4v) is 2.69. The molecule has 0 aliphatic carbocycles. The van der Waals surface area contributed by atoms with E-state index in [1.165, 1.54) is 11.3 Å². The molecule has 106 valence electrons. The van der Waals surface area contributed by atoms with Crippen molar-refractivity contribution in [1.82, 2.24) is 5.32 Å². The summed E-state index contributed by atoms with van der Waals surface area (Å²) in [4.78, 5) is 2.45. The molecule has 0 radical (unpaired) electrons. The van der Waals surface area contributed by atoms with Crippen LogP contribution in [0.3, 0.4) is 0 Å². The number of anilines is 1. The fraction of sp³-hybridized carbons (Fsp3) is 0.625. The van der Waals surface area contributed by atoms with Gasteiger partial charge in [0.2, 0.25) is 0 Å². The van der Waals surface area contributed by atoms with E-state index in [0.29, 0.717) is 18.0 Å². The first-order chi connectivity index (χ1) is 9.11. The SMILES string of the molecule is CC(C)c1ccc(N2CC(CCO)NCC2C)cc1. The molecule has 19 heavy (non-hydrogen) atoms. The van der Waals surface area contributed by atoms with Gasteiger partial charge in [0.15, 0.2) is 0 Å². The summed E-state index contributed by atoms with van der Waals surface area (Å²) in [6, 6.07) is 9.82. The molecule has 3 heteroatoms. The summed E-state index contributed by atoms with van der Waals surface area (Å²) in [5.41, 5.74) is 2.68. The molecular formula is C16H26N2O. The lowest BCUT2D eigenvalue weighted by molar-refractivity contribution is 0.255. The fourth-order valence-electron chi connectivity index (χ4n) is 2.69. The Morgan fingerprint density at radius 3 is 2.58 bits per heavy atom. The maximum absolute atomic E-state index is 9.08. The highest BCUT2D eigenvalue weighted by molar-refractivity contribution is 5.49. The van der Waals surface area contributed by atoms with Crippen molar-refractivity contribution >= 4 is 5.69 Å². The van der Waals surface area contributed by atoms with Crippen LogP contribution in [0.4, 0.5) is 5.69 Å². The molecule has 0 saturated carbocycles. The Hall–Kier alpha value is -1.06. The van der Waals surface area contributed by atoms with Crippen molar-refractivity contribution in [2.24, 2.45) is 0 Å². The third kappa shape index (κ3) is 3.48. The Balaban J connectivity index is 2.09. The zero-order valence-corrected chi connectivity index (χ0v) is 12.3. The smallest absolute Gasteiger partial charge is 0.0446 e. The topological polar surface area (TPSA) is 35.5 Å². The number of hydrogen-bond donors (Lipinski definition) is 2. The largest absolute Gasteiger partial charge is 0.396 e.